The Bertz CT molecular complexity index is 563. The summed E-state index contributed by atoms with van der Waals surface area (Å²) in [6, 6.07) is 7.94. The minimum atomic E-state index is 0.537. The summed E-state index contributed by atoms with van der Waals surface area (Å²) in [4.78, 5) is 6.70. The zero-order valence-corrected chi connectivity index (χ0v) is 12.1. The summed E-state index contributed by atoms with van der Waals surface area (Å²) in [6.07, 6.45) is 1.17. The van der Waals surface area contributed by atoms with E-state index in [1.54, 1.807) is 0 Å². The molecule has 0 bridgehead atoms. The molecule has 2 heterocycles. The second-order valence-electron chi connectivity index (χ2n) is 5.08. The molecule has 1 atom stereocenters. The van der Waals surface area contributed by atoms with Crippen LogP contribution in [0.3, 0.4) is 0 Å². The predicted octanol–water partition coefficient (Wildman–Crippen LogP) is 2.18. The van der Waals surface area contributed by atoms with Crippen LogP contribution in [-0.2, 0) is 6.54 Å². The Morgan fingerprint density at radius 1 is 1.40 bits per heavy atom. The summed E-state index contributed by atoms with van der Waals surface area (Å²) >= 11 is 5.87. The number of hydrogen-bond acceptors (Lipinski definition) is 5. The average molecular weight is 293 g/mol. The lowest BCUT2D eigenvalue weighted by atomic mass is 10.2. The molecule has 0 radical (unpaired) electrons. The molecule has 0 aliphatic carbocycles. The Morgan fingerprint density at radius 2 is 2.20 bits per heavy atom. The van der Waals surface area contributed by atoms with E-state index in [-0.39, 0.29) is 0 Å². The van der Waals surface area contributed by atoms with Crippen LogP contribution in [0.2, 0.25) is 5.02 Å². The molecule has 6 heteroatoms. The molecule has 3 rings (SSSR count). The van der Waals surface area contributed by atoms with Crippen molar-refractivity contribution in [2.24, 2.45) is 0 Å². The van der Waals surface area contributed by atoms with Gasteiger partial charge in [-0.1, -0.05) is 16.8 Å². The van der Waals surface area contributed by atoms with Gasteiger partial charge in [0.2, 0.25) is 0 Å². The van der Waals surface area contributed by atoms with E-state index in [9.17, 15) is 0 Å². The van der Waals surface area contributed by atoms with Gasteiger partial charge in [-0.2, -0.15) is 4.98 Å². The molecule has 2 aromatic rings. The normalized spacial score (nSPS) is 18.9. The fraction of sp³-hybridized carbons (Fsp3) is 0.429. The third kappa shape index (κ3) is 3.00. The van der Waals surface area contributed by atoms with Crippen molar-refractivity contribution in [2.75, 3.05) is 20.1 Å². The van der Waals surface area contributed by atoms with Gasteiger partial charge in [-0.25, -0.2) is 0 Å². The molecule has 0 saturated carbocycles. The molecule has 0 spiro atoms. The molecular formula is C14H17ClN4O. The van der Waals surface area contributed by atoms with E-state index >= 15 is 0 Å². The Hall–Kier alpha value is -1.43. The fourth-order valence-corrected chi connectivity index (χ4v) is 2.52. The van der Waals surface area contributed by atoms with Crippen LogP contribution in [0.5, 0.6) is 0 Å². The number of likely N-dealkylation sites (N-methyl/N-ethyl adjacent to an activating group) is 1. The highest BCUT2D eigenvalue weighted by molar-refractivity contribution is 6.30. The first-order chi connectivity index (χ1) is 9.72. The van der Waals surface area contributed by atoms with Crippen LogP contribution in [0.25, 0.3) is 11.5 Å². The van der Waals surface area contributed by atoms with Crippen molar-refractivity contribution in [2.45, 2.75) is 19.0 Å². The van der Waals surface area contributed by atoms with Gasteiger partial charge < -0.3 is 9.84 Å². The lowest BCUT2D eigenvalue weighted by molar-refractivity contribution is 0.239. The number of rotatable bonds is 4. The third-order valence-electron chi connectivity index (χ3n) is 3.61. The van der Waals surface area contributed by atoms with E-state index in [4.69, 9.17) is 16.1 Å². The first kappa shape index (κ1) is 13.5. The van der Waals surface area contributed by atoms with Crippen LogP contribution in [-0.4, -0.2) is 41.2 Å². The molecule has 1 aliphatic heterocycles. The smallest absolute Gasteiger partial charge is 0.257 e. The number of nitrogens with one attached hydrogen (secondary N) is 1. The lowest BCUT2D eigenvalue weighted by Gasteiger charge is -2.21. The molecule has 1 unspecified atom stereocenters. The topological polar surface area (TPSA) is 54.2 Å². The van der Waals surface area contributed by atoms with Gasteiger partial charge in [0.1, 0.15) is 0 Å². The molecule has 1 aromatic heterocycles. The zero-order valence-electron chi connectivity index (χ0n) is 11.3. The minimum absolute atomic E-state index is 0.537. The fourth-order valence-electron chi connectivity index (χ4n) is 2.40. The van der Waals surface area contributed by atoms with E-state index in [2.05, 4.69) is 27.4 Å². The molecule has 106 valence electrons. The largest absolute Gasteiger partial charge is 0.334 e. The van der Waals surface area contributed by atoms with E-state index in [0.717, 1.165) is 18.7 Å². The maximum atomic E-state index is 5.87. The summed E-state index contributed by atoms with van der Waals surface area (Å²) in [5.41, 5.74) is 0.887. The van der Waals surface area contributed by atoms with Gasteiger partial charge in [0.15, 0.2) is 5.82 Å². The van der Waals surface area contributed by atoms with Crippen molar-refractivity contribution in [1.29, 1.82) is 0 Å². The molecule has 5 nitrogen and oxygen atoms in total. The summed E-state index contributed by atoms with van der Waals surface area (Å²) in [5, 5.41) is 8.10. The Morgan fingerprint density at radius 3 is 2.90 bits per heavy atom. The highest BCUT2D eigenvalue weighted by atomic mass is 35.5. The first-order valence-corrected chi connectivity index (χ1v) is 7.09. The minimum Gasteiger partial charge on any atom is -0.334 e. The molecule has 1 N–H and O–H groups in total. The Labute approximate surface area is 122 Å². The molecule has 1 aromatic carbocycles. The zero-order chi connectivity index (χ0) is 13.9. The molecular weight excluding hydrogens is 276 g/mol. The maximum Gasteiger partial charge on any atom is 0.257 e. The second kappa shape index (κ2) is 5.91. The van der Waals surface area contributed by atoms with E-state index in [1.165, 1.54) is 6.42 Å². The summed E-state index contributed by atoms with van der Waals surface area (Å²) < 4.78 is 5.31. The van der Waals surface area contributed by atoms with Gasteiger partial charge in [0, 0.05) is 23.2 Å². The van der Waals surface area contributed by atoms with Crippen LogP contribution in [0.4, 0.5) is 0 Å². The summed E-state index contributed by atoms with van der Waals surface area (Å²) in [7, 11) is 2.09. The van der Waals surface area contributed by atoms with Gasteiger partial charge in [-0.3, -0.25) is 4.90 Å². The van der Waals surface area contributed by atoms with Crippen molar-refractivity contribution in [3.8, 4) is 11.5 Å². The monoisotopic (exact) mass is 292 g/mol. The summed E-state index contributed by atoms with van der Waals surface area (Å²) in [6.45, 7) is 2.80. The number of hydrogen-bond donors (Lipinski definition) is 1. The Kier molecular flexibility index (Phi) is 4.00. The number of aromatic nitrogens is 2. The van der Waals surface area contributed by atoms with Crippen molar-refractivity contribution in [3.05, 3.63) is 35.1 Å². The number of nitrogens with zero attached hydrogens (tertiary/aromatic N) is 3. The Balaban J connectivity index is 1.68. The highest BCUT2D eigenvalue weighted by Crippen LogP contribution is 2.20. The van der Waals surface area contributed by atoms with E-state index in [0.29, 0.717) is 29.3 Å². The van der Waals surface area contributed by atoms with Crippen LogP contribution in [0, 0.1) is 0 Å². The van der Waals surface area contributed by atoms with E-state index < -0.39 is 0 Å². The van der Waals surface area contributed by atoms with Crippen LogP contribution in [0.1, 0.15) is 12.2 Å². The van der Waals surface area contributed by atoms with Crippen LogP contribution < -0.4 is 5.32 Å². The molecule has 1 aliphatic rings. The maximum absolute atomic E-state index is 5.87. The SMILES string of the molecule is CN(Cc1noc(-c2ccc(Cl)cc2)n1)C1CCNC1. The van der Waals surface area contributed by atoms with Crippen molar-refractivity contribution >= 4 is 11.6 Å². The van der Waals surface area contributed by atoms with E-state index in [1.807, 2.05) is 24.3 Å². The highest BCUT2D eigenvalue weighted by Gasteiger charge is 2.20. The average Bonchev–Trinajstić information content (AvgIpc) is 3.10. The predicted molar refractivity (Wildman–Crippen MR) is 77.5 cm³/mol. The van der Waals surface area contributed by atoms with Crippen LogP contribution >= 0.6 is 11.6 Å². The first-order valence-electron chi connectivity index (χ1n) is 6.72. The third-order valence-corrected chi connectivity index (χ3v) is 3.86. The number of benzene rings is 1. The van der Waals surface area contributed by atoms with Gasteiger partial charge in [0.25, 0.3) is 5.89 Å². The quantitative estimate of drug-likeness (QED) is 0.936. The summed E-state index contributed by atoms with van der Waals surface area (Å²) in [5.74, 6) is 1.25. The number of halogens is 1. The van der Waals surface area contributed by atoms with Crippen molar-refractivity contribution in [1.82, 2.24) is 20.4 Å². The molecule has 1 saturated heterocycles. The lowest BCUT2D eigenvalue weighted by Crippen LogP contribution is -2.33. The van der Waals surface area contributed by atoms with Crippen molar-refractivity contribution < 1.29 is 4.52 Å². The van der Waals surface area contributed by atoms with Gasteiger partial charge in [-0.05, 0) is 44.3 Å². The van der Waals surface area contributed by atoms with Gasteiger partial charge >= 0.3 is 0 Å². The van der Waals surface area contributed by atoms with Gasteiger partial charge in [-0.15, -0.1) is 0 Å². The molecule has 20 heavy (non-hydrogen) atoms. The molecule has 1 fully saturated rings. The molecule has 0 amide bonds. The van der Waals surface area contributed by atoms with Crippen molar-refractivity contribution in [3.63, 3.8) is 0 Å². The standard InChI is InChI=1S/C14H17ClN4O/c1-19(12-6-7-16-8-12)9-13-17-14(20-18-13)10-2-4-11(15)5-3-10/h2-5,12,16H,6-9H2,1H3. The van der Waals surface area contributed by atoms with Crippen LogP contribution in [0.15, 0.2) is 28.8 Å². The second-order valence-corrected chi connectivity index (χ2v) is 5.52. The van der Waals surface area contributed by atoms with Gasteiger partial charge in [0.05, 0.1) is 6.54 Å².